The van der Waals surface area contributed by atoms with Gasteiger partial charge in [0.05, 0.1) is 11.5 Å². The fraction of sp³-hybridized carbons (Fsp3) is 0.923. The maximum atomic E-state index is 12.3. The lowest BCUT2D eigenvalue weighted by Crippen LogP contribution is -2.52. The van der Waals surface area contributed by atoms with Gasteiger partial charge in [-0.2, -0.15) is 0 Å². The molecule has 3 atom stereocenters. The summed E-state index contributed by atoms with van der Waals surface area (Å²) in [6.07, 6.45) is 4.24. The van der Waals surface area contributed by atoms with Crippen LogP contribution in [0.5, 0.6) is 0 Å². The van der Waals surface area contributed by atoms with Crippen LogP contribution in [-0.4, -0.2) is 37.7 Å². The van der Waals surface area contributed by atoms with Crippen molar-refractivity contribution in [1.82, 2.24) is 10.6 Å². The second-order valence-electron chi connectivity index (χ2n) is 5.72. The van der Waals surface area contributed by atoms with Crippen LogP contribution < -0.4 is 10.6 Å². The van der Waals surface area contributed by atoms with Gasteiger partial charge in [0.2, 0.25) is 5.91 Å². The monoisotopic (exact) mass is 276 g/mol. The molecule has 0 radical (unpaired) electrons. The van der Waals surface area contributed by atoms with Gasteiger partial charge in [-0.05, 0) is 46.1 Å². The molecule has 2 rings (SSSR count). The highest BCUT2D eigenvalue weighted by Gasteiger charge is 2.36. The molecule has 2 N–H and O–H groups in total. The van der Waals surface area contributed by atoms with Crippen molar-refractivity contribution >= 4 is 18.3 Å². The molecule has 2 fully saturated rings. The third kappa shape index (κ3) is 3.84. The molecule has 0 saturated carbocycles. The van der Waals surface area contributed by atoms with E-state index in [4.69, 9.17) is 4.74 Å². The standard InChI is InChI=1S/C13H24N2O2.ClH/c1-10-8-11(4-7-17-10)15-12(16)13(2)5-3-6-14-9-13;/h10-11,14H,3-9H2,1-2H3,(H,15,16);1H. The fourth-order valence-electron chi connectivity index (χ4n) is 2.74. The highest BCUT2D eigenvalue weighted by atomic mass is 35.5. The first-order valence-electron chi connectivity index (χ1n) is 6.73. The molecule has 0 aliphatic carbocycles. The first-order valence-corrected chi connectivity index (χ1v) is 6.73. The number of nitrogens with one attached hydrogen (secondary N) is 2. The minimum Gasteiger partial charge on any atom is -0.378 e. The van der Waals surface area contributed by atoms with Crippen molar-refractivity contribution in [2.24, 2.45) is 5.41 Å². The number of ether oxygens (including phenoxy) is 1. The summed E-state index contributed by atoms with van der Waals surface area (Å²) < 4.78 is 5.50. The Morgan fingerprint density at radius 1 is 1.50 bits per heavy atom. The zero-order valence-electron chi connectivity index (χ0n) is 11.3. The molecule has 106 valence electrons. The predicted molar refractivity (Wildman–Crippen MR) is 74.0 cm³/mol. The number of hydrogen-bond donors (Lipinski definition) is 2. The normalized spacial score (nSPS) is 36.6. The zero-order valence-corrected chi connectivity index (χ0v) is 12.1. The summed E-state index contributed by atoms with van der Waals surface area (Å²) in [7, 11) is 0. The molecule has 0 bridgehead atoms. The maximum Gasteiger partial charge on any atom is 0.227 e. The number of carbonyl (C=O) groups excluding carboxylic acids is 1. The van der Waals surface area contributed by atoms with Gasteiger partial charge in [0.15, 0.2) is 0 Å². The molecular weight excluding hydrogens is 252 g/mol. The minimum absolute atomic E-state index is 0. The van der Waals surface area contributed by atoms with Gasteiger partial charge < -0.3 is 15.4 Å². The van der Waals surface area contributed by atoms with Crippen molar-refractivity contribution in [3.05, 3.63) is 0 Å². The molecule has 3 unspecified atom stereocenters. The topological polar surface area (TPSA) is 50.4 Å². The Hall–Kier alpha value is -0.320. The number of rotatable bonds is 2. The van der Waals surface area contributed by atoms with Crippen LogP contribution in [0.25, 0.3) is 0 Å². The quantitative estimate of drug-likeness (QED) is 0.803. The van der Waals surface area contributed by atoms with Gasteiger partial charge in [0.25, 0.3) is 0 Å². The van der Waals surface area contributed by atoms with Crippen LogP contribution in [0.15, 0.2) is 0 Å². The van der Waals surface area contributed by atoms with E-state index in [-0.39, 0.29) is 29.8 Å². The number of amides is 1. The average Bonchev–Trinajstić information content (AvgIpc) is 2.30. The van der Waals surface area contributed by atoms with E-state index in [9.17, 15) is 4.79 Å². The van der Waals surface area contributed by atoms with E-state index in [1.54, 1.807) is 0 Å². The Kier molecular flexibility index (Phi) is 5.89. The summed E-state index contributed by atoms with van der Waals surface area (Å²) in [6, 6.07) is 0.296. The van der Waals surface area contributed by atoms with Gasteiger partial charge in [0.1, 0.15) is 0 Å². The Labute approximate surface area is 116 Å². The summed E-state index contributed by atoms with van der Waals surface area (Å²) >= 11 is 0. The third-order valence-corrected chi connectivity index (χ3v) is 3.97. The predicted octanol–water partition coefficient (Wildman–Crippen LogP) is 1.48. The highest BCUT2D eigenvalue weighted by Crippen LogP contribution is 2.26. The molecule has 0 aromatic heterocycles. The molecule has 2 saturated heterocycles. The van der Waals surface area contributed by atoms with Gasteiger partial charge in [-0.25, -0.2) is 0 Å². The molecule has 1 amide bonds. The largest absolute Gasteiger partial charge is 0.378 e. The minimum atomic E-state index is -0.222. The molecule has 0 aromatic carbocycles. The Bertz CT molecular complexity index is 280. The highest BCUT2D eigenvalue weighted by molar-refractivity contribution is 5.85. The maximum absolute atomic E-state index is 12.3. The summed E-state index contributed by atoms with van der Waals surface area (Å²) in [4.78, 5) is 12.3. The van der Waals surface area contributed by atoms with Gasteiger partial charge in [-0.3, -0.25) is 4.79 Å². The first-order chi connectivity index (χ1) is 8.10. The SMILES string of the molecule is CC1CC(NC(=O)C2(C)CCCNC2)CCO1.Cl. The molecule has 0 aromatic rings. The summed E-state index contributed by atoms with van der Waals surface area (Å²) in [6.45, 7) is 6.75. The number of hydrogen-bond acceptors (Lipinski definition) is 3. The molecule has 0 spiro atoms. The van der Waals surface area contributed by atoms with Crippen LogP contribution in [0.2, 0.25) is 0 Å². The molecular formula is C13H25ClN2O2. The smallest absolute Gasteiger partial charge is 0.227 e. The fourth-order valence-corrected chi connectivity index (χ4v) is 2.74. The molecule has 2 aliphatic rings. The van der Waals surface area contributed by atoms with Crippen molar-refractivity contribution in [1.29, 1.82) is 0 Å². The van der Waals surface area contributed by atoms with E-state index in [1.807, 2.05) is 0 Å². The number of piperidine rings is 1. The summed E-state index contributed by atoms with van der Waals surface area (Å²) in [5.41, 5.74) is -0.222. The van der Waals surface area contributed by atoms with E-state index in [1.165, 1.54) is 0 Å². The second-order valence-corrected chi connectivity index (χ2v) is 5.72. The van der Waals surface area contributed by atoms with Crippen LogP contribution >= 0.6 is 12.4 Å². The van der Waals surface area contributed by atoms with Gasteiger partial charge in [-0.1, -0.05) is 0 Å². The lowest BCUT2D eigenvalue weighted by molar-refractivity contribution is -0.132. The summed E-state index contributed by atoms with van der Waals surface area (Å²) in [5.74, 6) is 0.212. The molecule has 2 heterocycles. The van der Waals surface area contributed by atoms with E-state index in [2.05, 4.69) is 24.5 Å². The Morgan fingerprint density at radius 3 is 2.89 bits per heavy atom. The Morgan fingerprint density at radius 2 is 2.28 bits per heavy atom. The van der Waals surface area contributed by atoms with Gasteiger partial charge in [0, 0.05) is 19.2 Å². The third-order valence-electron chi connectivity index (χ3n) is 3.97. The molecule has 5 heteroatoms. The van der Waals surface area contributed by atoms with Crippen LogP contribution in [0.4, 0.5) is 0 Å². The van der Waals surface area contributed by atoms with E-state index in [0.717, 1.165) is 45.4 Å². The van der Waals surface area contributed by atoms with Crippen molar-refractivity contribution in [3.8, 4) is 0 Å². The Balaban J connectivity index is 0.00000162. The molecule has 18 heavy (non-hydrogen) atoms. The van der Waals surface area contributed by atoms with Crippen molar-refractivity contribution in [2.45, 2.75) is 51.7 Å². The number of carbonyl (C=O) groups is 1. The van der Waals surface area contributed by atoms with E-state index in [0.29, 0.717) is 6.04 Å². The van der Waals surface area contributed by atoms with Gasteiger partial charge in [-0.15, -0.1) is 12.4 Å². The summed E-state index contributed by atoms with van der Waals surface area (Å²) in [5, 5.41) is 6.52. The average molecular weight is 277 g/mol. The molecule has 4 nitrogen and oxygen atoms in total. The van der Waals surface area contributed by atoms with Crippen molar-refractivity contribution < 1.29 is 9.53 Å². The zero-order chi connectivity index (χ0) is 12.3. The van der Waals surface area contributed by atoms with Crippen LogP contribution in [0, 0.1) is 5.41 Å². The second kappa shape index (κ2) is 6.73. The van der Waals surface area contributed by atoms with Crippen molar-refractivity contribution in [3.63, 3.8) is 0 Å². The van der Waals surface area contributed by atoms with E-state index < -0.39 is 0 Å². The lowest BCUT2D eigenvalue weighted by Gasteiger charge is -2.36. The van der Waals surface area contributed by atoms with Crippen LogP contribution in [0.1, 0.15) is 39.5 Å². The lowest BCUT2D eigenvalue weighted by atomic mass is 9.81. The van der Waals surface area contributed by atoms with Crippen molar-refractivity contribution in [2.75, 3.05) is 19.7 Å². The van der Waals surface area contributed by atoms with Crippen LogP contribution in [0.3, 0.4) is 0 Å². The van der Waals surface area contributed by atoms with Crippen LogP contribution in [-0.2, 0) is 9.53 Å². The molecule has 2 aliphatic heterocycles. The van der Waals surface area contributed by atoms with E-state index >= 15 is 0 Å². The van der Waals surface area contributed by atoms with Gasteiger partial charge >= 0.3 is 0 Å². The number of halogens is 1. The first kappa shape index (κ1) is 15.7.